The van der Waals surface area contributed by atoms with Crippen molar-refractivity contribution >= 4 is 35.6 Å². The molecule has 4 N–H and O–H groups in total. The van der Waals surface area contributed by atoms with E-state index in [1.54, 1.807) is 11.3 Å². The quantitative estimate of drug-likeness (QED) is 0.729. The van der Waals surface area contributed by atoms with Crippen molar-refractivity contribution in [2.24, 2.45) is 11.7 Å². The number of amides is 2. The van der Waals surface area contributed by atoms with Crippen LogP contribution in [0.25, 0.3) is 0 Å². The van der Waals surface area contributed by atoms with Gasteiger partial charge in [0.2, 0.25) is 11.8 Å². The van der Waals surface area contributed by atoms with Gasteiger partial charge in [0, 0.05) is 6.54 Å². The van der Waals surface area contributed by atoms with Crippen molar-refractivity contribution in [2.45, 2.75) is 26.4 Å². The Morgan fingerprint density at radius 3 is 2.58 bits per heavy atom. The summed E-state index contributed by atoms with van der Waals surface area (Å²) in [6.07, 6.45) is 0. The maximum Gasteiger partial charge on any atom is 0.239 e. The van der Waals surface area contributed by atoms with E-state index in [4.69, 9.17) is 5.73 Å². The lowest BCUT2D eigenvalue weighted by Crippen LogP contribution is -2.47. The van der Waals surface area contributed by atoms with Crippen LogP contribution in [-0.2, 0) is 16.1 Å². The Morgan fingerprint density at radius 1 is 1.37 bits per heavy atom. The third-order valence-corrected chi connectivity index (χ3v) is 3.25. The van der Waals surface area contributed by atoms with Crippen LogP contribution in [-0.4, -0.2) is 24.4 Å². The molecule has 1 aromatic rings. The van der Waals surface area contributed by atoms with Crippen molar-refractivity contribution in [2.75, 3.05) is 6.54 Å². The highest BCUT2D eigenvalue weighted by Crippen LogP contribution is 2.04. The van der Waals surface area contributed by atoms with Crippen molar-refractivity contribution in [3.05, 3.63) is 22.4 Å². The van der Waals surface area contributed by atoms with Crippen LogP contribution in [0.1, 0.15) is 19.4 Å². The molecule has 0 spiro atoms. The lowest BCUT2D eigenvalue weighted by Gasteiger charge is -2.15. The van der Waals surface area contributed by atoms with Gasteiger partial charge in [-0.25, -0.2) is 0 Å². The van der Waals surface area contributed by atoms with E-state index in [0.717, 1.165) is 5.56 Å². The summed E-state index contributed by atoms with van der Waals surface area (Å²) < 4.78 is 0. The Balaban J connectivity index is 0.00000324. The molecule has 0 aromatic carbocycles. The van der Waals surface area contributed by atoms with Gasteiger partial charge in [-0.05, 0) is 28.3 Å². The first-order chi connectivity index (χ1) is 8.50. The van der Waals surface area contributed by atoms with E-state index in [9.17, 15) is 9.59 Å². The molecule has 0 aliphatic rings. The smallest absolute Gasteiger partial charge is 0.239 e. The minimum Gasteiger partial charge on any atom is -0.350 e. The number of nitrogens with two attached hydrogens (primary N) is 1. The zero-order valence-corrected chi connectivity index (χ0v) is 12.6. The third-order valence-electron chi connectivity index (χ3n) is 2.51. The van der Waals surface area contributed by atoms with Crippen LogP contribution in [0.5, 0.6) is 0 Å². The first-order valence-corrected chi connectivity index (χ1v) is 6.76. The molecule has 0 aliphatic heterocycles. The predicted molar refractivity (Wildman–Crippen MR) is 79.2 cm³/mol. The van der Waals surface area contributed by atoms with Gasteiger partial charge in [0.05, 0.1) is 12.6 Å². The Morgan fingerprint density at radius 2 is 2.05 bits per heavy atom. The first-order valence-electron chi connectivity index (χ1n) is 5.81. The third kappa shape index (κ3) is 6.56. The number of thiophene rings is 1. The molecule has 0 radical (unpaired) electrons. The van der Waals surface area contributed by atoms with Crippen LogP contribution in [0.2, 0.25) is 0 Å². The van der Waals surface area contributed by atoms with Gasteiger partial charge in [-0.1, -0.05) is 13.8 Å². The highest BCUT2D eigenvalue weighted by Gasteiger charge is 2.17. The fourth-order valence-corrected chi connectivity index (χ4v) is 1.91. The van der Waals surface area contributed by atoms with Gasteiger partial charge in [0.15, 0.2) is 0 Å². The van der Waals surface area contributed by atoms with Crippen molar-refractivity contribution in [1.82, 2.24) is 10.6 Å². The highest BCUT2D eigenvalue weighted by molar-refractivity contribution is 7.07. The zero-order valence-electron chi connectivity index (χ0n) is 11.0. The lowest BCUT2D eigenvalue weighted by molar-refractivity contribution is -0.127. The Hall–Kier alpha value is -1.11. The number of rotatable bonds is 6. The van der Waals surface area contributed by atoms with Crippen LogP contribution in [0.15, 0.2) is 16.8 Å². The van der Waals surface area contributed by atoms with Gasteiger partial charge >= 0.3 is 0 Å². The summed E-state index contributed by atoms with van der Waals surface area (Å²) in [4.78, 5) is 23.0. The molecule has 7 heteroatoms. The Bertz CT molecular complexity index is 396. The van der Waals surface area contributed by atoms with Crippen molar-refractivity contribution < 1.29 is 9.59 Å². The molecule has 1 aromatic heterocycles. The van der Waals surface area contributed by atoms with E-state index in [1.165, 1.54) is 0 Å². The zero-order chi connectivity index (χ0) is 13.5. The molecule has 19 heavy (non-hydrogen) atoms. The molecule has 5 nitrogen and oxygen atoms in total. The monoisotopic (exact) mass is 305 g/mol. The summed E-state index contributed by atoms with van der Waals surface area (Å²) in [5, 5.41) is 9.16. The molecule has 0 bridgehead atoms. The second-order valence-corrected chi connectivity index (χ2v) is 5.18. The fourth-order valence-electron chi connectivity index (χ4n) is 1.24. The van der Waals surface area contributed by atoms with Gasteiger partial charge in [-0.3, -0.25) is 9.59 Å². The summed E-state index contributed by atoms with van der Waals surface area (Å²) in [6.45, 7) is 4.17. The molecule has 0 saturated carbocycles. The average molecular weight is 306 g/mol. The first kappa shape index (κ1) is 17.9. The maximum atomic E-state index is 11.5. The second kappa shape index (κ2) is 8.90. The van der Waals surface area contributed by atoms with Crippen molar-refractivity contribution in [3.63, 3.8) is 0 Å². The molecule has 1 rings (SSSR count). The van der Waals surface area contributed by atoms with E-state index in [0.29, 0.717) is 6.54 Å². The minimum absolute atomic E-state index is 0. The number of hydrogen-bond acceptors (Lipinski definition) is 4. The summed E-state index contributed by atoms with van der Waals surface area (Å²) in [6, 6.07) is 1.37. The van der Waals surface area contributed by atoms with Crippen LogP contribution in [0.4, 0.5) is 0 Å². The van der Waals surface area contributed by atoms with Gasteiger partial charge in [0.25, 0.3) is 0 Å². The van der Waals surface area contributed by atoms with Crippen LogP contribution < -0.4 is 16.4 Å². The Labute approximate surface area is 123 Å². The van der Waals surface area contributed by atoms with Crippen LogP contribution >= 0.6 is 23.7 Å². The van der Waals surface area contributed by atoms with Crippen LogP contribution in [0.3, 0.4) is 0 Å². The number of halogens is 1. The minimum atomic E-state index is -0.574. The van der Waals surface area contributed by atoms with Gasteiger partial charge in [-0.2, -0.15) is 11.3 Å². The van der Waals surface area contributed by atoms with Gasteiger partial charge in [-0.15, -0.1) is 12.4 Å². The lowest BCUT2D eigenvalue weighted by atomic mass is 10.1. The van der Waals surface area contributed by atoms with Gasteiger partial charge in [0.1, 0.15) is 0 Å². The summed E-state index contributed by atoms with van der Waals surface area (Å²) in [5.74, 6) is -0.458. The normalized spacial score (nSPS) is 11.6. The number of carbonyl (C=O) groups is 2. The largest absolute Gasteiger partial charge is 0.350 e. The average Bonchev–Trinajstić information content (AvgIpc) is 2.85. The molecule has 1 heterocycles. The van der Waals surface area contributed by atoms with Crippen molar-refractivity contribution in [3.8, 4) is 0 Å². The van der Waals surface area contributed by atoms with E-state index >= 15 is 0 Å². The molecule has 0 fully saturated rings. The summed E-state index contributed by atoms with van der Waals surface area (Å²) >= 11 is 1.58. The van der Waals surface area contributed by atoms with E-state index in [1.807, 2.05) is 30.7 Å². The summed E-state index contributed by atoms with van der Waals surface area (Å²) in [7, 11) is 0. The number of nitrogens with one attached hydrogen (secondary N) is 2. The Kier molecular flexibility index (Phi) is 8.38. The standard InChI is InChI=1S/C12H19N3O2S.ClH/c1-8(2)11(13)12(17)15-6-10(16)14-5-9-3-4-18-7-9;/h3-4,7-8,11H,5-6,13H2,1-2H3,(H,14,16)(H,15,17);1H/t11-;/m0./s1. The fraction of sp³-hybridized carbons (Fsp3) is 0.500. The molecule has 0 aliphatic carbocycles. The van der Waals surface area contributed by atoms with Crippen LogP contribution in [0, 0.1) is 5.92 Å². The van der Waals surface area contributed by atoms with Gasteiger partial charge < -0.3 is 16.4 Å². The second-order valence-electron chi connectivity index (χ2n) is 4.40. The molecule has 1 atom stereocenters. The van der Waals surface area contributed by atoms with E-state index in [-0.39, 0.29) is 36.7 Å². The summed E-state index contributed by atoms with van der Waals surface area (Å²) in [5.41, 5.74) is 6.71. The number of carbonyl (C=O) groups excluding carboxylic acids is 2. The highest BCUT2D eigenvalue weighted by atomic mass is 35.5. The molecular weight excluding hydrogens is 286 g/mol. The maximum absolute atomic E-state index is 11.5. The van der Waals surface area contributed by atoms with Crippen molar-refractivity contribution in [1.29, 1.82) is 0 Å². The molecule has 108 valence electrons. The topological polar surface area (TPSA) is 84.2 Å². The molecular formula is C12H20ClN3O2S. The SMILES string of the molecule is CC(C)[C@H](N)C(=O)NCC(=O)NCc1ccsc1.Cl. The molecule has 0 unspecified atom stereocenters. The van der Waals surface area contributed by atoms with E-state index < -0.39 is 6.04 Å². The molecule has 2 amide bonds. The number of hydrogen-bond donors (Lipinski definition) is 3. The molecule has 0 saturated heterocycles. The predicted octanol–water partition coefficient (Wildman–Crippen LogP) is 0.886. The van der Waals surface area contributed by atoms with E-state index in [2.05, 4.69) is 10.6 Å².